The van der Waals surface area contributed by atoms with Crippen LogP contribution in [0, 0.1) is 0 Å². The fourth-order valence-electron chi connectivity index (χ4n) is 0. The summed E-state index contributed by atoms with van der Waals surface area (Å²) in [7, 11) is 0. The summed E-state index contributed by atoms with van der Waals surface area (Å²) in [5, 5.41) is 0. The van der Waals surface area contributed by atoms with Gasteiger partial charge in [0.2, 0.25) is 0 Å². The fourth-order valence-corrected chi connectivity index (χ4v) is 0. The van der Waals surface area contributed by atoms with Crippen LogP contribution in [0.4, 0.5) is 0 Å². The summed E-state index contributed by atoms with van der Waals surface area (Å²) < 4.78 is 0. The van der Waals surface area contributed by atoms with Gasteiger partial charge in [0.15, 0.2) is 0 Å². The first-order valence-electron chi connectivity index (χ1n) is 0. The molecular formula is H10B2Bi2O3P2Pb2V2. The van der Waals surface area contributed by atoms with Crippen molar-refractivity contribution in [2.75, 3.05) is 0 Å². The van der Waals surface area contributed by atoms with Crippen molar-refractivity contribution in [3.05, 3.63) is 0 Å². The van der Waals surface area contributed by atoms with Crippen LogP contribution in [0.3, 0.4) is 0 Å². The topological polar surface area (TPSA) is 85.5 Å². The van der Waals surface area contributed by atoms with Crippen LogP contribution in [0.15, 0.2) is 0 Å². The Morgan fingerprint density at radius 3 is 0.462 bits per heavy atom. The van der Waals surface area contributed by atoms with Crippen molar-refractivity contribution in [1.29, 1.82) is 0 Å². The van der Waals surface area contributed by atoms with Gasteiger partial charge in [0.25, 0.3) is 0 Å². The van der Waals surface area contributed by atoms with Gasteiger partial charge in [0, 0.05) is 53.9 Å². The molecule has 13 heteroatoms. The van der Waals surface area contributed by atoms with Gasteiger partial charge in [0.1, 0.15) is 0 Å². The van der Waals surface area contributed by atoms with Crippen molar-refractivity contribution >= 4 is 144 Å². The fraction of sp³-hybridized carbons (Fsp3) is 0. The Balaban J connectivity index is 0. The smallest absolute Gasteiger partial charge is 0 e. The predicted octanol–water partition coefficient (Wildman–Crippen LogP) is -3.60. The van der Waals surface area contributed by atoms with Crippen LogP contribution in [0.2, 0.25) is 0 Å². The second-order valence-corrected chi connectivity index (χ2v) is 0. The van der Waals surface area contributed by atoms with Gasteiger partial charge in [-0.05, 0) is 0 Å². The molecule has 0 heterocycles. The third-order valence-electron chi connectivity index (χ3n) is 0. The molecule has 2 unspecified atom stereocenters. The molecule has 0 rings (SSSR count). The molecule has 72 valence electrons. The van der Waals surface area contributed by atoms with Gasteiger partial charge in [-0.1, -0.05) is 0 Å². The summed E-state index contributed by atoms with van der Waals surface area (Å²) in [6, 6.07) is 0. The van der Waals surface area contributed by atoms with E-state index in [1.165, 1.54) is 0 Å². The van der Waals surface area contributed by atoms with Crippen molar-refractivity contribution < 1.29 is 53.5 Å². The third-order valence-corrected chi connectivity index (χ3v) is 0. The summed E-state index contributed by atoms with van der Waals surface area (Å²) in [5.74, 6) is 0. The number of hydrogen-bond donors (Lipinski definition) is 0. The molecule has 0 aliphatic heterocycles. The van der Waals surface area contributed by atoms with Crippen LogP contribution in [-0.4, -0.2) is 124 Å². The molecular weight excluding hydrogens is 1070 g/mol. The molecule has 0 amide bonds. The molecule has 13 heavy (non-hydrogen) atoms. The van der Waals surface area contributed by atoms with Gasteiger partial charge in [-0.2, -0.15) is 19.8 Å². The first kappa shape index (κ1) is 182. The monoisotopic (exact) mass is 1080 g/mol. The third kappa shape index (κ3) is 135. The maximum Gasteiger partial charge on any atom is 0 e. The average Bonchev–Trinajstić information content (AvgIpc) is 0. The van der Waals surface area contributed by atoms with Crippen LogP contribution in [0.5, 0.6) is 0 Å². The molecule has 0 aromatic rings. The van der Waals surface area contributed by atoms with Gasteiger partial charge in [-0.25, -0.2) is 0 Å². The Kier molecular flexibility index (Phi) is 2150. The average molecular weight is 1080 g/mol. The van der Waals surface area contributed by atoms with Gasteiger partial charge in [-0.3, -0.25) is 0 Å². The summed E-state index contributed by atoms with van der Waals surface area (Å²) in [6.45, 7) is 0. The molecule has 3 nitrogen and oxygen atoms in total. The molecule has 0 aromatic carbocycles. The molecule has 0 N–H and O–H groups in total. The van der Waals surface area contributed by atoms with Crippen LogP contribution in [0.25, 0.3) is 0 Å². The molecule has 0 aliphatic carbocycles. The van der Waals surface area contributed by atoms with Crippen molar-refractivity contribution in [2.24, 2.45) is 0 Å². The molecule has 0 bridgehead atoms. The van der Waals surface area contributed by atoms with Gasteiger partial charge >= 0.3 is 107 Å². The predicted molar refractivity (Wildman–Crippen MR) is 64.4 cm³/mol. The molecule has 0 aliphatic rings. The largest absolute Gasteiger partial charge is 0 e. The maximum atomic E-state index is 0. The Bertz CT molecular complexity index is 33.4. The van der Waals surface area contributed by atoms with E-state index in [9.17, 15) is 0 Å². The van der Waals surface area contributed by atoms with Gasteiger partial charge in [-0.15, -0.1) is 0 Å². The first-order valence-corrected chi connectivity index (χ1v) is 0. The Hall–Kier alpha value is 5.65. The number of hydrogen-bond acceptors (Lipinski definition) is 0. The van der Waals surface area contributed by atoms with Crippen molar-refractivity contribution in [1.82, 2.24) is 0 Å². The summed E-state index contributed by atoms with van der Waals surface area (Å²) in [5.41, 5.74) is 0. The molecule has 0 aromatic heterocycles. The minimum Gasteiger partial charge on any atom is 0 e. The van der Waals surface area contributed by atoms with Crippen LogP contribution >= 0.6 is 19.8 Å². The van der Waals surface area contributed by atoms with E-state index in [2.05, 4.69) is 0 Å². The normalized spacial score (nSPS) is 0. The van der Waals surface area contributed by atoms with Crippen LogP contribution < -0.4 is 0 Å². The maximum absolute atomic E-state index is 0. The van der Waals surface area contributed by atoms with E-state index >= 15 is 0 Å². The van der Waals surface area contributed by atoms with E-state index in [1.807, 2.05) is 0 Å². The van der Waals surface area contributed by atoms with Crippen molar-refractivity contribution in [2.45, 2.75) is 0 Å². The van der Waals surface area contributed by atoms with Gasteiger partial charge < -0.3 is 16.4 Å². The molecule has 0 fully saturated rings. The van der Waals surface area contributed by atoms with Crippen molar-refractivity contribution in [3.63, 3.8) is 0 Å². The van der Waals surface area contributed by atoms with E-state index in [4.69, 9.17) is 0 Å². The molecule has 0 saturated heterocycles. The quantitative estimate of drug-likeness (QED) is 0.178. The zero-order chi connectivity index (χ0) is 0. The van der Waals surface area contributed by atoms with E-state index in [0.29, 0.717) is 0 Å². The first-order chi connectivity index (χ1) is 0. The SMILES string of the molecule is P.P.[B].[B].[Bi+3].[Bi+3].[O-2].[O-2].[O-2].[PbH2].[PbH2].[V].[V]. The van der Waals surface area contributed by atoms with E-state index in [1.54, 1.807) is 0 Å². The van der Waals surface area contributed by atoms with Crippen LogP contribution in [-0.2, 0) is 53.5 Å². The zero-order valence-electron chi connectivity index (χ0n) is 7.00. The minimum atomic E-state index is 0. The van der Waals surface area contributed by atoms with Crippen molar-refractivity contribution in [3.8, 4) is 0 Å². The summed E-state index contributed by atoms with van der Waals surface area (Å²) in [4.78, 5) is 0. The Morgan fingerprint density at radius 1 is 0.462 bits per heavy atom. The van der Waals surface area contributed by atoms with Crippen LogP contribution in [0.1, 0.15) is 0 Å². The Morgan fingerprint density at radius 2 is 0.462 bits per heavy atom. The second-order valence-electron chi connectivity index (χ2n) is 0. The summed E-state index contributed by atoms with van der Waals surface area (Å²) in [6.07, 6.45) is 0. The molecule has 0 saturated carbocycles. The van der Waals surface area contributed by atoms with Gasteiger partial charge in [0.05, 0.1) is 0 Å². The van der Waals surface area contributed by atoms with E-state index in [-0.39, 0.29) is 197 Å². The number of rotatable bonds is 0. The summed E-state index contributed by atoms with van der Waals surface area (Å²) >= 11 is 0. The molecule has 0 spiro atoms. The molecule has 16 radical (unpaired) electrons. The van der Waals surface area contributed by atoms with E-state index in [0.717, 1.165) is 0 Å². The zero-order valence-corrected chi connectivity index (χ0v) is 30.6. The minimum absolute atomic E-state index is 0. The standard InChI is InChI=1S/2B.2Bi.3O.2H3P.2Pb.2V.4H/h;;;;;;;2*1H3;;;;;;;;/q;;2*+3;3*-2;;;;;;;;;;. The second kappa shape index (κ2) is 153. The molecule has 2 atom stereocenters. The van der Waals surface area contributed by atoms with E-state index < -0.39 is 0 Å². The Labute approximate surface area is 193 Å².